The Morgan fingerprint density at radius 3 is 3.06 bits per heavy atom. The average Bonchev–Trinajstić information content (AvgIpc) is 2.97. The third-order valence-electron chi connectivity index (χ3n) is 2.78. The molecule has 2 aromatic heterocycles. The molecule has 7 heteroatoms. The van der Waals surface area contributed by atoms with Crippen LogP contribution in [-0.2, 0) is 26.1 Å². The van der Waals surface area contributed by atoms with Gasteiger partial charge in [0.1, 0.15) is 12.4 Å². The third-order valence-corrected chi connectivity index (χ3v) is 2.78. The third kappa shape index (κ3) is 1.49. The van der Waals surface area contributed by atoms with Crippen LogP contribution in [0.3, 0.4) is 0 Å². The zero-order valence-corrected chi connectivity index (χ0v) is 8.87. The molecule has 0 amide bonds. The van der Waals surface area contributed by atoms with Gasteiger partial charge in [0, 0.05) is 19.5 Å². The fourth-order valence-corrected chi connectivity index (χ4v) is 1.98. The molecule has 1 aliphatic heterocycles. The van der Waals surface area contributed by atoms with Crippen LogP contribution in [0.4, 0.5) is 0 Å². The van der Waals surface area contributed by atoms with Crippen LogP contribution >= 0.6 is 0 Å². The van der Waals surface area contributed by atoms with Gasteiger partial charge in [0.05, 0.1) is 11.9 Å². The van der Waals surface area contributed by atoms with E-state index < -0.39 is 0 Å². The molecule has 7 nitrogen and oxygen atoms in total. The first kappa shape index (κ1) is 9.46. The Hall–Kier alpha value is -1.76. The van der Waals surface area contributed by atoms with Crippen molar-refractivity contribution < 1.29 is 0 Å². The minimum Gasteiger partial charge on any atom is -0.325 e. The van der Waals surface area contributed by atoms with Gasteiger partial charge in [-0.2, -0.15) is 0 Å². The Kier molecular flexibility index (Phi) is 2.17. The van der Waals surface area contributed by atoms with Crippen LogP contribution in [0.5, 0.6) is 0 Å². The predicted octanol–water partition coefficient (Wildman–Crippen LogP) is -0.677. The molecule has 0 saturated heterocycles. The van der Waals surface area contributed by atoms with Crippen LogP contribution in [0, 0.1) is 0 Å². The first-order valence-corrected chi connectivity index (χ1v) is 5.37. The second-order valence-electron chi connectivity index (χ2n) is 3.90. The molecule has 0 bridgehead atoms. The van der Waals surface area contributed by atoms with E-state index in [1.54, 1.807) is 4.68 Å². The van der Waals surface area contributed by atoms with E-state index in [9.17, 15) is 0 Å². The molecule has 0 fully saturated rings. The highest BCUT2D eigenvalue weighted by Crippen LogP contribution is 2.14. The standard InChI is InChI=1S/C9H13N7/c10-4-7-5-15(14-11-7)6-9-13-12-8-2-1-3-16(8)9/h5H,1-4,6,10H2. The van der Waals surface area contributed by atoms with Gasteiger partial charge in [0.2, 0.25) is 0 Å². The van der Waals surface area contributed by atoms with Gasteiger partial charge >= 0.3 is 0 Å². The Morgan fingerprint density at radius 1 is 1.31 bits per heavy atom. The van der Waals surface area contributed by atoms with Crippen molar-refractivity contribution in [2.45, 2.75) is 32.5 Å². The van der Waals surface area contributed by atoms with Crippen LogP contribution in [0.15, 0.2) is 6.20 Å². The Balaban J connectivity index is 1.83. The summed E-state index contributed by atoms with van der Waals surface area (Å²) in [5.41, 5.74) is 6.27. The summed E-state index contributed by atoms with van der Waals surface area (Å²) in [6, 6.07) is 0. The van der Waals surface area contributed by atoms with Crippen molar-refractivity contribution in [3.63, 3.8) is 0 Å². The molecule has 0 aliphatic carbocycles. The van der Waals surface area contributed by atoms with Gasteiger partial charge in [-0.15, -0.1) is 15.3 Å². The Bertz CT molecular complexity index is 498. The number of nitrogens with zero attached hydrogens (tertiary/aromatic N) is 6. The molecule has 0 aromatic carbocycles. The van der Waals surface area contributed by atoms with Crippen molar-refractivity contribution in [1.29, 1.82) is 0 Å². The maximum absolute atomic E-state index is 5.48. The van der Waals surface area contributed by atoms with Crippen LogP contribution in [-0.4, -0.2) is 29.8 Å². The molecule has 0 atom stereocenters. The highest BCUT2D eigenvalue weighted by atomic mass is 15.4. The summed E-state index contributed by atoms with van der Waals surface area (Å²) in [6.45, 7) is 2.04. The molecule has 3 heterocycles. The van der Waals surface area contributed by atoms with Gasteiger partial charge in [-0.3, -0.25) is 0 Å². The molecule has 1 aliphatic rings. The summed E-state index contributed by atoms with van der Waals surface area (Å²) in [4.78, 5) is 0. The number of nitrogens with two attached hydrogens (primary N) is 1. The van der Waals surface area contributed by atoms with Gasteiger partial charge in [-0.1, -0.05) is 5.21 Å². The quantitative estimate of drug-likeness (QED) is 0.739. The molecule has 0 unspecified atom stereocenters. The van der Waals surface area contributed by atoms with Crippen molar-refractivity contribution in [2.24, 2.45) is 5.73 Å². The number of rotatable bonds is 3. The Labute approximate surface area is 92.3 Å². The molecule has 3 rings (SSSR count). The summed E-state index contributed by atoms with van der Waals surface area (Å²) in [5, 5.41) is 16.2. The molecule has 16 heavy (non-hydrogen) atoms. The van der Waals surface area contributed by atoms with Crippen molar-refractivity contribution in [1.82, 2.24) is 29.8 Å². The molecular weight excluding hydrogens is 206 g/mol. The van der Waals surface area contributed by atoms with Gasteiger partial charge in [-0.25, -0.2) is 4.68 Å². The van der Waals surface area contributed by atoms with Gasteiger partial charge in [-0.05, 0) is 6.42 Å². The lowest BCUT2D eigenvalue weighted by molar-refractivity contribution is 0.586. The monoisotopic (exact) mass is 219 g/mol. The lowest BCUT2D eigenvalue weighted by atomic mass is 10.4. The highest BCUT2D eigenvalue weighted by molar-refractivity contribution is 5.01. The number of aryl methyl sites for hydroxylation is 1. The maximum atomic E-state index is 5.48. The molecule has 0 radical (unpaired) electrons. The SMILES string of the molecule is NCc1cn(Cc2nnc3n2CCC3)nn1. The Morgan fingerprint density at radius 2 is 2.25 bits per heavy atom. The smallest absolute Gasteiger partial charge is 0.154 e. The second kappa shape index (κ2) is 3.67. The lowest BCUT2D eigenvalue weighted by Gasteiger charge is -2.01. The van der Waals surface area contributed by atoms with Crippen LogP contribution in [0.2, 0.25) is 0 Å². The van der Waals surface area contributed by atoms with Crippen molar-refractivity contribution in [3.05, 3.63) is 23.5 Å². The topological polar surface area (TPSA) is 87.4 Å². The van der Waals surface area contributed by atoms with E-state index in [4.69, 9.17) is 5.73 Å². The van der Waals surface area contributed by atoms with Gasteiger partial charge in [0.15, 0.2) is 5.82 Å². The van der Waals surface area contributed by atoms with E-state index in [1.807, 2.05) is 6.20 Å². The second-order valence-corrected chi connectivity index (χ2v) is 3.90. The van der Waals surface area contributed by atoms with Crippen molar-refractivity contribution in [3.8, 4) is 0 Å². The van der Waals surface area contributed by atoms with Crippen molar-refractivity contribution >= 4 is 0 Å². The predicted molar refractivity (Wildman–Crippen MR) is 55.4 cm³/mol. The lowest BCUT2D eigenvalue weighted by Crippen LogP contribution is -2.08. The molecular formula is C9H13N7. The summed E-state index contributed by atoms with van der Waals surface area (Å²) in [5.74, 6) is 2.02. The largest absolute Gasteiger partial charge is 0.325 e. The molecule has 84 valence electrons. The minimum absolute atomic E-state index is 0.415. The van der Waals surface area contributed by atoms with E-state index in [-0.39, 0.29) is 0 Å². The van der Waals surface area contributed by atoms with Gasteiger partial charge in [0.25, 0.3) is 0 Å². The molecule has 0 spiro atoms. The number of fused-ring (bicyclic) bond motifs is 1. The van der Waals surface area contributed by atoms with E-state index in [1.165, 1.54) is 0 Å². The van der Waals surface area contributed by atoms with E-state index in [2.05, 4.69) is 25.1 Å². The zero-order chi connectivity index (χ0) is 11.0. The van der Waals surface area contributed by atoms with Gasteiger partial charge < -0.3 is 10.3 Å². The van der Waals surface area contributed by atoms with Crippen molar-refractivity contribution in [2.75, 3.05) is 0 Å². The summed E-state index contributed by atoms with van der Waals surface area (Å²) in [6.07, 6.45) is 4.03. The fraction of sp³-hybridized carbons (Fsp3) is 0.556. The number of aromatic nitrogens is 6. The molecule has 2 N–H and O–H groups in total. The van der Waals surface area contributed by atoms with E-state index >= 15 is 0 Å². The zero-order valence-electron chi connectivity index (χ0n) is 8.87. The van der Waals surface area contributed by atoms with E-state index in [0.29, 0.717) is 13.1 Å². The summed E-state index contributed by atoms with van der Waals surface area (Å²) < 4.78 is 3.90. The maximum Gasteiger partial charge on any atom is 0.154 e. The average molecular weight is 219 g/mol. The highest BCUT2D eigenvalue weighted by Gasteiger charge is 2.17. The van der Waals surface area contributed by atoms with Crippen LogP contribution in [0.25, 0.3) is 0 Å². The minimum atomic E-state index is 0.415. The fourth-order valence-electron chi connectivity index (χ4n) is 1.98. The first-order valence-electron chi connectivity index (χ1n) is 5.37. The molecule has 0 saturated carbocycles. The molecule has 2 aromatic rings. The van der Waals surface area contributed by atoms with Crippen LogP contribution in [0.1, 0.15) is 23.8 Å². The normalized spacial score (nSPS) is 14.3. The summed E-state index contributed by atoms with van der Waals surface area (Å²) in [7, 11) is 0. The van der Waals surface area contributed by atoms with Crippen LogP contribution < -0.4 is 5.73 Å². The number of hydrogen-bond donors (Lipinski definition) is 1. The first-order chi connectivity index (χ1) is 7.86. The summed E-state index contributed by atoms with van der Waals surface area (Å²) >= 11 is 0. The van der Waals surface area contributed by atoms with E-state index in [0.717, 1.165) is 36.7 Å². The number of hydrogen-bond acceptors (Lipinski definition) is 5.